The third-order valence-corrected chi connectivity index (χ3v) is 5.26. The van der Waals surface area contributed by atoms with Gasteiger partial charge in [-0.1, -0.05) is 0 Å². The van der Waals surface area contributed by atoms with Gasteiger partial charge in [-0.3, -0.25) is 4.79 Å². The van der Waals surface area contributed by atoms with E-state index in [1.54, 1.807) is 0 Å². The molecule has 1 unspecified atom stereocenters. The monoisotopic (exact) mass is 262 g/mol. The van der Waals surface area contributed by atoms with Crippen LogP contribution in [0, 0.1) is 0 Å². The fourth-order valence-electron chi connectivity index (χ4n) is 2.27. The molecule has 0 aromatic heterocycles. The number of nitrogens with two attached hydrogens (primary N) is 1. The van der Waals surface area contributed by atoms with Gasteiger partial charge in [0.05, 0.1) is 0 Å². The maximum Gasteiger partial charge on any atom is 0.282 e. The Morgan fingerprint density at radius 1 is 1.24 bits per heavy atom. The van der Waals surface area contributed by atoms with Gasteiger partial charge in [0.2, 0.25) is 5.91 Å². The molecule has 0 saturated carbocycles. The first-order valence-electron chi connectivity index (χ1n) is 5.80. The van der Waals surface area contributed by atoms with Crippen LogP contribution in [0.15, 0.2) is 0 Å². The second kappa shape index (κ2) is 4.89. The average molecular weight is 262 g/mol. The molecule has 2 aliphatic rings. The van der Waals surface area contributed by atoms with Crippen molar-refractivity contribution in [1.29, 1.82) is 0 Å². The molecule has 1 amide bonds. The predicted molar refractivity (Wildman–Crippen MR) is 62.3 cm³/mol. The summed E-state index contributed by atoms with van der Waals surface area (Å²) >= 11 is 0. The van der Waals surface area contributed by atoms with Crippen molar-refractivity contribution in [2.24, 2.45) is 5.73 Å². The van der Waals surface area contributed by atoms with Gasteiger partial charge in [-0.05, 0) is 12.8 Å². The van der Waals surface area contributed by atoms with Crippen LogP contribution in [-0.4, -0.2) is 61.7 Å². The van der Waals surface area contributed by atoms with Crippen molar-refractivity contribution in [3.8, 4) is 0 Å². The van der Waals surface area contributed by atoms with Crippen LogP contribution in [0.25, 0.3) is 0 Å². The molecule has 0 aliphatic carbocycles. The van der Waals surface area contributed by atoms with Crippen molar-refractivity contribution in [3.05, 3.63) is 0 Å². The molecule has 0 radical (unpaired) electrons. The summed E-state index contributed by atoms with van der Waals surface area (Å²) in [5.41, 5.74) is 5.25. The summed E-state index contributed by atoms with van der Waals surface area (Å²) in [4.78, 5) is 11.3. The van der Waals surface area contributed by atoms with E-state index >= 15 is 0 Å². The molecule has 0 spiro atoms. The molecule has 8 heteroatoms. The highest BCUT2D eigenvalue weighted by atomic mass is 32.2. The summed E-state index contributed by atoms with van der Waals surface area (Å²) in [6.45, 7) is 2.22. The second-order valence-corrected chi connectivity index (χ2v) is 6.23. The summed E-state index contributed by atoms with van der Waals surface area (Å²) < 4.78 is 27.3. The third kappa shape index (κ3) is 2.44. The fraction of sp³-hybridized carbons (Fsp3) is 0.889. The first kappa shape index (κ1) is 12.7. The van der Waals surface area contributed by atoms with Crippen molar-refractivity contribution in [3.63, 3.8) is 0 Å². The molecule has 3 N–H and O–H groups in total. The maximum atomic E-state index is 12.3. The Balaban J connectivity index is 2.20. The maximum absolute atomic E-state index is 12.3. The van der Waals surface area contributed by atoms with Crippen LogP contribution >= 0.6 is 0 Å². The van der Waals surface area contributed by atoms with Crippen LogP contribution in [0.5, 0.6) is 0 Å². The number of nitrogens with one attached hydrogen (secondary N) is 1. The Bertz CT molecular complexity index is 391. The minimum Gasteiger partial charge on any atom is -0.368 e. The normalized spacial score (nSPS) is 28.4. The zero-order valence-corrected chi connectivity index (χ0v) is 10.4. The van der Waals surface area contributed by atoms with Crippen molar-refractivity contribution in [2.45, 2.75) is 18.9 Å². The van der Waals surface area contributed by atoms with Crippen LogP contribution in [-0.2, 0) is 15.0 Å². The van der Waals surface area contributed by atoms with Gasteiger partial charge in [-0.25, -0.2) is 0 Å². The molecule has 2 aliphatic heterocycles. The van der Waals surface area contributed by atoms with Gasteiger partial charge in [-0.2, -0.15) is 17.0 Å². The third-order valence-electron chi connectivity index (χ3n) is 3.21. The van der Waals surface area contributed by atoms with Crippen molar-refractivity contribution >= 4 is 16.1 Å². The standard InChI is InChI=1S/C9H18N4O3S/c10-9(14)8-7-11-3-6-13(8)17(15,16)12-4-1-2-5-12/h8,11H,1-7H2,(H2,10,14). The minimum atomic E-state index is -3.53. The van der Waals surface area contributed by atoms with Crippen LogP contribution in [0.3, 0.4) is 0 Å². The predicted octanol–water partition coefficient (Wildman–Crippen LogP) is -1.91. The lowest BCUT2D eigenvalue weighted by atomic mass is 10.2. The van der Waals surface area contributed by atoms with Crippen molar-refractivity contribution in [1.82, 2.24) is 13.9 Å². The second-order valence-electron chi connectivity index (χ2n) is 4.35. The Hall–Kier alpha value is -0.700. The van der Waals surface area contributed by atoms with E-state index in [0.29, 0.717) is 32.7 Å². The molecule has 2 rings (SSSR count). The smallest absolute Gasteiger partial charge is 0.282 e. The summed E-state index contributed by atoms with van der Waals surface area (Å²) in [6, 6.07) is -0.769. The molecular weight excluding hydrogens is 244 g/mol. The highest BCUT2D eigenvalue weighted by Crippen LogP contribution is 2.19. The summed E-state index contributed by atoms with van der Waals surface area (Å²) in [5, 5.41) is 2.98. The number of carbonyl (C=O) groups is 1. The van der Waals surface area contributed by atoms with Crippen LogP contribution in [0.2, 0.25) is 0 Å². The number of hydrogen-bond donors (Lipinski definition) is 2. The minimum absolute atomic E-state index is 0.294. The number of rotatable bonds is 3. The van der Waals surface area contributed by atoms with E-state index in [2.05, 4.69) is 5.32 Å². The largest absolute Gasteiger partial charge is 0.368 e. The molecule has 0 aromatic carbocycles. The molecule has 98 valence electrons. The fourth-order valence-corrected chi connectivity index (χ4v) is 4.11. The van der Waals surface area contributed by atoms with Crippen LogP contribution in [0.4, 0.5) is 0 Å². The molecule has 0 aromatic rings. The number of piperazine rings is 1. The molecule has 2 saturated heterocycles. The lowest BCUT2D eigenvalue weighted by Crippen LogP contribution is -2.61. The molecule has 0 bridgehead atoms. The van der Waals surface area contributed by atoms with Gasteiger partial charge in [-0.15, -0.1) is 0 Å². The van der Waals surface area contributed by atoms with Crippen LogP contribution < -0.4 is 11.1 Å². The number of amides is 1. The van der Waals surface area contributed by atoms with Gasteiger partial charge in [0, 0.05) is 32.7 Å². The van der Waals surface area contributed by atoms with Crippen molar-refractivity contribution in [2.75, 3.05) is 32.7 Å². The van der Waals surface area contributed by atoms with E-state index in [4.69, 9.17) is 5.73 Å². The zero-order chi connectivity index (χ0) is 12.5. The van der Waals surface area contributed by atoms with E-state index in [-0.39, 0.29) is 0 Å². The SMILES string of the molecule is NC(=O)C1CNCCN1S(=O)(=O)N1CCCC1. The van der Waals surface area contributed by atoms with E-state index in [0.717, 1.165) is 12.8 Å². The Morgan fingerprint density at radius 2 is 1.88 bits per heavy atom. The van der Waals surface area contributed by atoms with Gasteiger partial charge in [0.25, 0.3) is 10.2 Å². The topological polar surface area (TPSA) is 95.7 Å². The van der Waals surface area contributed by atoms with Gasteiger partial charge in [0.1, 0.15) is 6.04 Å². The average Bonchev–Trinajstić information content (AvgIpc) is 2.83. The van der Waals surface area contributed by atoms with Crippen LogP contribution in [0.1, 0.15) is 12.8 Å². The van der Waals surface area contributed by atoms with E-state index < -0.39 is 22.2 Å². The van der Waals surface area contributed by atoms with Gasteiger partial charge < -0.3 is 11.1 Å². The molecule has 1 atom stereocenters. The summed E-state index contributed by atoms with van der Waals surface area (Å²) in [5.74, 6) is -0.597. The molecular formula is C9H18N4O3S. The van der Waals surface area contributed by atoms with E-state index in [9.17, 15) is 13.2 Å². The number of primary amides is 1. The lowest BCUT2D eigenvalue weighted by molar-refractivity contribution is -0.122. The molecule has 2 heterocycles. The van der Waals surface area contributed by atoms with E-state index in [1.165, 1.54) is 8.61 Å². The first-order valence-corrected chi connectivity index (χ1v) is 7.20. The van der Waals surface area contributed by atoms with E-state index in [1.807, 2.05) is 0 Å². The van der Waals surface area contributed by atoms with Gasteiger partial charge >= 0.3 is 0 Å². The molecule has 17 heavy (non-hydrogen) atoms. The Kier molecular flexibility index (Phi) is 3.67. The molecule has 2 fully saturated rings. The van der Waals surface area contributed by atoms with Gasteiger partial charge in [0.15, 0.2) is 0 Å². The highest BCUT2D eigenvalue weighted by Gasteiger charge is 2.39. The zero-order valence-electron chi connectivity index (χ0n) is 9.63. The number of hydrogen-bond acceptors (Lipinski definition) is 4. The molecule has 7 nitrogen and oxygen atoms in total. The summed E-state index contributed by atoms with van der Waals surface area (Å²) in [7, 11) is -3.53. The first-order chi connectivity index (χ1) is 8.03. The Labute approximate surface area is 101 Å². The van der Waals surface area contributed by atoms with Crippen molar-refractivity contribution < 1.29 is 13.2 Å². The lowest BCUT2D eigenvalue weighted by Gasteiger charge is -2.35. The quantitative estimate of drug-likeness (QED) is 0.620. The number of carbonyl (C=O) groups excluding carboxylic acids is 1. The Morgan fingerprint density at radius 3 is 2.47 bits per heavy atom. The highest BCUT2D eigenvalue weighted by molar-refractivity contribution is 7.86. The number of nitrogens with zero attached hydrogens (tertiary/aromatic N) is 2. The summed E-state index contributed by atoms with van der Waals surface area (Å²) in [6.07, 6.45) is 1.76.